The van der Waals surface area contributed by atoms with E-state index in [0.717, 1.165) is 12.3 Å². The molecule has 0 amide bonds. The maximum absolute atomic E-state index is 11.3. The molecule has 0 atom stereocenters. The SMILES string of the molecule is CCC1(CNCc2cc(C(=O)OC)co2)CCC1. The summed E-state index contributed by atoms with van der Waals surface area (Å²) in [6.07, 6.45) is 6.67. The average Bonchev–Trinajstić information content (AvgIpc) is 2.80. The summed E-state index contributed by atoms with van der Waals surface area (Å²) >= 11 is 0. The second-order valence-corrected chi connectivity index (χ2v) is 5.10. The van der Waals surface area contributed by atoms with Crippen LogP contribution in [0.1, 0.15) is 48.7 Å². The molecule has 4 heteroatoms. The number of rotatable bonds is 6. The molecule has 1 aliphatic rings. The summed E-state index contributed by atoms with van der Waals surface area (Å²) in [6.45, 7) is 3.94. The van der Waals surface area contributed by atoms with Crippen LogP contribution in [0, 0.1) is 5.41 Å². The third kappa shape index (κ3) is 2.75. The van der Waals surface area contributed by atoms with Gasteiger partial charge in [-0.2, -0.15) is 0 Å². The van der Waals surface area contributed by atoms with Crippen molar-refractivity contribution in [2.45, 2.75) is 39.2 Å². The Labute approximate surface area is 108 Å². The standard InChI is InChI=1S/C14H21NO3/c1-3-14(5-4-6-14)10-15-8-12-7-11(9-18-12)13(16)17-2/h7,9,15H,3-6,8,10H2,1-2H3. The molecule has 2 rings (SSSR count). The highest BCUT2D eigenvalue weighted by Crippen LogP contribution is 2.43. The molecular formula is C14H21NO3. The van der Waals surface area contributed by atoms with Crippen LogP contribution in [0.4, 0.5) is 0 Å². The van der Waals surface area contributed by atoms with Crippen LogP contribution in [-0.4, -0.2) is 19.6 Å². The van der Waals surface area contributed by atoms with Gasteiger partial charge in [0, 0.05) is 6.54 Å². The fourth-order valence-electron chi connectivity index (χ4n) is 2.48. The Hall–Kier alpha value is -1.29. The zero-order chi connectivity index (χ0) is 13.0. The summed E-state index contributed by atoms with van der Waals surface area (Å²) in [7, 11) is 1.37. The number of esters is 1. The van der Waals surface area contributed by atoms with Crippen molar-refractivity contribution in [3.63, 3.8) is 0 Å². The number of ether oxygens (including phenoxy) is 1. The quantitative estimate of drug-likeness (QED) is 0.790. The van der Waals surface area contributed by atoms with Crippen molar-refractivity contribution in [2.24, 2.45) is 5.41 Å². The molecule has 18 heavy (non-hydrogen) atoms. The van der Waals surface area contributed by atoms with Crippen molar-refractivity contribution in [1.29, 1.82) is 0 Å². The van der Waals surface area contributed by atoms with E-state index in [2.05, 4.69) is 17.0 Å². The fourth-order valence-corrected chi connectivity index (χ4v) is 2.48. The van der Waals surface area contributed by atoms with Gasteiger partial charge in [0.25, 0.3) is 0 Å². The van der Waals surface area contributed by atoms with Crippen LogP contribution in [0.2, 0.25) is 0 Å². The van der Waals surface area contributed by atoms with E-state index in [9.17, 15) is 4.79 Å². The molecule has 1 saturated carbocycles. The number of furan rings is 1. The molecule has 1 aromatic rings. The van der Waals surface area contributed by atoms with Crippen LogP contribution in [0.15, 0.2) is 16.7 Å². The van der Waals surface area contributed by atoms with Gasteiger partial charge in [0.1, 0.15) is 12.0 Å². The highest BCUT2D eigenvalue weighted by Gasteiger charge is 2.34. The molecule has 100 valence electrons. The van der Waals surface area contributed by atoms with Gasteiger partial charge in [0.15, 0.2) is 0 Å². The Morgan fingerprint density at radius 2 is 2.33 bits per heavy atom. The largest absolute Gasteiger partial charge is 0.467 e. The van der Waals surface area contributed by atoms with E-state index in [1.165, 1.54) is 39.1 Å². The Morgan fingerprint density at radius 3 is 2.89 bits per heavy atom. The maximum atomic E-state index is 11.3. The molecule has 1 heterocycles. The minimum Gasteiger partial charge on any atom is -0.467 e. The summed E-state index contributed by atoms with van der Waals surface area (Å²) in [5, 5.41) is 3.42. The van der Waals surface area contributed by atoms with Gasteiger partial charge in [0.05, 0.1) is 19.2 Å². The van der Waals surface area contributed by atoms with Gasteiger partial charge in [-0.05, 0) is 30.7 Å². The van der Waals surface area contributed by atoms with Crippen molar-refractivity contribution in [3.05, 3.63) is 23.7 Å². The van der Waals surface area contributed by atoms with Crippen molar-refractivity contribution < 1.29 is 13.9 Å². The molecule has 0 unspecified atom stereocenters. The van der Waals surface area contributed by atoms with Crippen LogP contribution in [0.3, 0.4) is 0 Å². The van der Waals surface area contributed by atoms with Crippen molar-refractivity contribution in [2.75, 3.05) is 13.7 Å². The van der Waals surface area contributed by atoms with E-state index < -0.39 is 0 Å². The highest BCUT2D eigenvalue weighted by atomic mass is 16.5. The number of methoxy groups -OCH3 is 1. The van der Waals surface area contributed by atoms with Gasteiger partial charge in [-0.1, -0.05) is 13.3 Å². The molecule has 4 nitrogen and oxygen atoms in total. The van der Waals surface area contributed by atoms with Gasteiger partial charge in [-0.25, -0.2) is 4.79 Å². The topological polar surface area (TPSA) is 51.5 Å². The highest BCUT2D eigenvalue weighted by molar-refractivity contribution is 5.88. The molecule has 0 bridgehead atoms. The van der Waals surface area contributed by atoms with Crippen LogP contribution in [0.5, 0.6) is 0 Å². The Morgan fingerprint density at radius 1 is 1.56 bits per heavy atom. The van der Waals surface area contributed by atoms with Crippen LogP contribution < -0.4 is 5.32 Å². The number of hydrogen-bond donors (Lipinski definition) is 1. The molecule has 0 radical (unpaired) electrons. The molecule has 1 fully saturated rings. The zero-order valence-corrected chi connectivity index (χ0v) is 11.1. The summed E-state index contributed by atoms with van der Waals surface area (Å²) in [4.78, 5) is 11.3. The number of carbonyl (C=O) groups is 1. The van der Waals surface area contributed by atoms with Gasteiger partial charge in [0.2, 0.25) is 0 Å². The molecule has 1 N–H and O–H groups in total. The first-order valence-electron chi connectivity index (χ1n) is 6.55. The monoisotopic (exact) mass is 251 g/mol. The Balaban J connectivity index is 1.80. The third-order valence-corrected chi connectivity index (χ3v) is 4.04. The van der Waals surface area contributed by atoms with E-state index in [1.807, 2.05) is 0 Å². The third-order valence-electron chi connectivity index (χ3n) is 4.04. The lowest BCUT2D eigenvalue weighted by atomic mass is 9.67. The predicted molar refractivity (Wildman–Crippen MR) is 68.3 cm³/mol. The van der Waals surface area contributed by atoms with Crippen molar-refractivity contribution in [3.8, 4) is 0 Å². The molecule has 0 aromatic carbocycles. The number of nitrogens with one attached hydrogen (secondary N) is 1. The molecule has 1 aliphatic carbocycles. The van der Waals surface area contributed by atoms with Crippen LogP contribution in [-0.2, 0) is 11.3 Å². The van der Waals surface area contributed by atoms with Gasteiger partial charge in [-0.15, -0.1) is 0 Å². The smallest absolute Gasteiger partial charge is 0.341 e. The van der Waals surface area contributed by atoms with E-state index in [1.54, 1.807) is 6.07 Å². The van der Waals surface area contributed by atoms with Gasteiger partial charge >= 0.3 is 5.97 Å². The summed E-state index contributed by atoms with van der Waals surface area (Å²) < 4.78 is 9.96. The number of hydrogen-bond acceptors (Lipinski definition) is 4. The second kappa shape index (κ2) is 5.57. The number of carbonyl (C=O) groups excluding carboxylic acids is 1. The summed E-state index contributed by atoms with van der Waals surface area (Å²) in [6, 6.07) is 1.73. The van der Waals surface area contributed by atoms with E-state index in [0.29, 0.717) is 17.5 Å². The van der Waals surface area contributed by atoms with Gasteiger partial charge < -0.3 is 14.5 Å². The van der Waals surface area contributed by atoms with E-state index >= 15 is 0 Å². The predicted octanol–water partition coefficient (Wildman–Crippen LogP) is 2.74. The lowest BCUT2D eigenvalue weighted by Crippen LogP contribution is -2.39. The second-order valence-electron chi connectivity index (χ2n) is 5.10. The molecule has 0 aliphatic heterocycles. The molecular weight excluding hydrogens is 230 g/mol. The summed E-state index contributed by atoms with van der Waals surface area (Å²) in [5.74, 6) is 0.426. The first-order chi connectivity index (χ1) is 8.69. The molecule has 1 aromatic heterocycles. The fraction of sp³-hybridized carbons (Fsp3) is 0.643. The van der Waals surface area contributed by atoms with E-state index in [-0.39, 0.29) is 5.97 Å². The summed E-state index contributed by atoms with van der Waals surface area (Å²) in [5.41, 5.74) is 0.973. The Bertz CT molecular complexity index is 401. The Kier molecular flexibility index (Phi) is 4.07. The lowest BCUT2D eigenvalue weighted by Gasteiger charge is -2.41. The van der Waals surface area contributed by atoms with Gasteiger partial charge in [-0.3, -0.25) is 0 Å². The maximum Gasteiger partial charge on any atom is 0.341 e. The normalized spacial score (nSPS) is 17.2. The first kappa shape index (κ1) is 13.1. The van der Waals surface area contributed by atoms with Crippen LogP contribution >= 0.6 is 0 Å². The average molecular weight is 251 g/mol. The van der Waals surface area contributed by atoms with E-state index in [4.69, 9.17) is 4.42 Å². The minimum absolute atomic E-state index is 0.353. The zero-order valence-electron chi connectivity index (χ0n) is 11.1. The van der Waals surface area contributed by atoms with Crippen molar-refractivity contribution >= 4 is 5.97 Å². The lowest BCUT2D eigenvalue weighted by molar-refractivity contribution is 0.0600. The molecule has 0 saturated heterocycles. The van der Waals surface area contributed by atoms with Crippen LogP contribution in [0.25, 0.3) is 0 Å². The van der Waals surface area contributed by atoms with Crippen molar-refractivity contribution in [1.82, 2.24) is 5.32 Å². The molecule has 0 spiro atoms. The first-order valence-corrected chi connectivity index (χ1v) is 6.55. The minimum atomic E-state index is -0.353.